The van der Waals surface area contributed by atoms with Gasteiger partial charge in [-0.25, -0.2) is 0 Å². The van der Waals surface area contributed by atoms with Gasteiger partial charge in [0.05, 0.1) is 13.0 Å². The first kappa shape index (κ1) is 16.2. The third kappa shape index (κ3) is 3.35. The van der Waals surface area contributed by atoms with E-state index in [1.807, 2.05) is 19.1 Å². The molecule has 1 aromatic rings. The maximum Gasteiger partial charge on any atom is 0.306 e. The Kier molecular flexibility index (Phi) is 4.96. The Morgan fingerprint density at radius 1 is 1.27 bits per heavy atom. The number of esters is 1. The summed E-state index contributed by atoms with van der Waals surface area (Å²) in [5, 5.41) is 0. The SMILES string of the molecule is CCOC(=O)CCC(=O)c1ccc2c(c1)CC(C)N2C(C)=O. The topological polar surface area (TPSA) is 63.7 Å². The van der Waals surface area contributed by atoms with Gasteiger partial charge in [0.15, 0.2) is 5.78 Å². The summed E-state index contributed by atoms with van der Waals surface area (Å²) in [6.45, 7) is 5.60. The summed E-state index contributed by atoms with van der Waals surface area (Å²) < 4.78 is 4.82. The summed E-state index contributed by atoms with van der Waals surface area (Å²) in [6.07, 6.45) is 0.983. The van der Waals surface area contributed by atoms with Crippen molar-refractivity contribution >= 4 is 23.3 Å². The van der Waals surface area contributed by atoms with Crippen molar-refractivity contribution in [3.63, 3.8) is 0 Å². The molecule has 0 saturated carbocycles. The van der Waals surface area contributed by atoms with Crippen LogP contribution < -0.4 is 4.90 Å². The Hall–Kier alpha value is -2.17. The fraction of sp³-hybridized carbons (Fsp3) is 0.471. The van der Waals surface area contributed by atoms with Crippen molar-refractivity contribution in [2.45, 2.75) is 46.1 Å². The van der Waals surface area contributed by atoms with Crippen molar-refractivity contribution in [2.24, 2.45) is 0 Å². The lowest BCUT2D eigenvalue weighted by atomic mass is 10.0. The van der Waals surface area contributed by atoms with Gasteiger partial charge in [-0.05, 0) is 44.0 Å². The monoisotopic (exact) mass is 303 g/mol. The number of nitrogens with zero attached hydrogens (tertiary/aromatic N) is 1. The van der Waals surface area contributed by atoms with E-state index in [0.29, 0.717) is 12.2 Å². The van der Waals surface area contributed by atoms with E-state index in [1.54, 1.807) is 24.8 Å². The average molecular weight is 303 g/mol. The average Bonchev–Trinajstić information content (AvgIpc) is 2.79. The molecular weight excluding hydrogens is 282 g/mol. The van der Waals surface area contributed by atoms with Crippen LogP contribution in [-0.4, -0.2) is 30.3 Å². The van der Waals surface area contributed by atoms with Gasteiger partial charge in [0.2, 0.25) is 5.91 Å². The smallest absolute Gasteiger partial charge is 0.306 e. The quantitative estimate of drug-likeness (QED) is 0.619. The molecule has 1 atom stereocenters. The minimum atomic E-state index is -0.353. The predicted molar refractivity (Wildman–Crippen MR) is 83.0 cm³/mol. The van der Waals surface area contributed by atoms with Gasteiger partial charge in [-0.2, -0.15) is 0 Å². The predicted octanol–water partition coefficient (Wildman–Crippen LogP) is 2.51. The Bertz CT molecular complexity index is 609. The first-order valence-electron chi connectivity index (χ1n) is 7.55. The van der Waals surface area contributed by atoms with Crippen LogP contribution in [0.2, 0.25) is 0 Å². The number of ether oxygens (including phenoxy) is 1. The lowest BCUT2D eigenvalue weighted by Crippen LogP contribution is -2.33. The number of carbonyl (C=O) groups is 3. The number of anilines is 1. The van der Waals surface area contributed by atoms with Crippen LogP contribution >= 0.6 is 0 Å². The number of rotatable bonds is 5. The molecule has 0 aromatic heterocycles. The van der Waals surface area contributed by atoms with Gasteiger partial charge in [0.1, 0.15) is 0 Å². The van der Waals surface area contributed by atoms with E-state index in [0.717, 1.165) is 17.7 Å². The number of hydrogen-bond donors (Lipinski definition) is 0. The molecule has 1 aromatic carbocycles. The molecule has 2 rings (SSSR count). The van der Waals surface area contributed by atoms with E-state index >= 15 is 0 Å². The highest BCUT2D eigenvalue weighted by Gasteiger charge is 2.29. The molecule has 0 fully saturated rings. The van der Waals surface area contributed by atoms with Crippen LogP contribution in [0.3, 0.4) is 0 Å². The molecule has 0 N–H and O–H groups in total. The Labute approximate surface area is 130 Å². The molecule has 1 unspecified atom stereocenters. The maximum absolute atomic E-state index is 12.2. The first-order valence-corrected chi connectivity index (χ1v) is 7.55. The fourth-order valence-corrected chi connectivity index (χ4v) is 2.88. The highest BCUT2D eigenvalue weighted by molar-refractivity contribution is 6.00. The molecule has 118 valence electrons. The minimum absolute atomic E-state index is 0.00707. The molecule has 1 heterocycles. The van der Waals surface area contributed by atoms with Crippen LogP contribution in [0.1, 0.15) is 49.5 Å². The van der Waals surface area contributed by atoms with Gasteiger partial charge in [-0.3, -0.25) is 14.4 Å². The van der Waals surface area contributed by atoms with Crippen molar-refractivity contribution in [2.75, 3.05) is 11.5 Å². The number of benzene rings is 1. The summed E-state index contributed by atoms with van der Waals surface area (Å²) in [4.78, 5) is 36.9. The van der Waals surface area contributed by atoms with Gasteiger partial charge in [0.25, 0.3) is 0 Å². The molecule has 1 amide bonds. The van der Waals surface area contributed by atoms with Crippen LogP contribution in [0.4, 0.5) is 5.69 Å². The number of carbonyl (C=O) groups excluding carboxylic acids is 3. The van der Waals surface area contributed by atoms with Gasteiger partial charge >= 0.3 is 5.97 Å². The second kappa shape index (κ2) is 6.73. The molecular formula is C17H21NO4. The lowest BCUT2D eigenvalue weighted by Gasteiger charge is -2.20. The van der Waals surface area contributed by atoms with Crippen molar-refractivity contribution in [1.82, 2.24) is 0 Å². The molecule has 1 aliphatic heterocycles. The fourth-order valence-electron chi connectivity index (χ4n) is 2.88. The molecule has 0 saturated heterocycles. The zero-order valence-electron chi connectivity index (χ0n) is 13.2. The van der Waals surface area contributed by atoms with Crippen molar-refractivity contribution in [3.8, 4) is 0 Å². The third-order valence-electron chi connectivity index (χ3n) is 3.82. The van der Waals surface area contributed by atoms with E-state index in [1.165, 1.54) is 0 Å². The largest absolute Gasteiger partial charge is 0.466 e. The Morgan fingerprint density at radius 2 is 2.00 bits per heavy atom. The normalized spacial score (nSPS) is 16.3. The van der Waals surface area contributed by atoms with Crippen LogP contribution in [0.25, 0.3) is 0 Å². The minimum Gasteiger partial charge on any atom is -0.466 e. The van der Waals surface area contributed by atoms with E-state index in [2.05, 4.69) is 0 Å². The molecule has 0 spiro atoms. The van der Waals surface area contributed by atoms with Crippen LogP contribution in [0.5, 0.6) is 0 Å². The molecule has 22 heavy (non-hydrogen) atoms. The van der Waals surface area contributed by atoms with Crippen molar-refractivity contribution in [1.29, 1.82) is 0 Å². The lowest BCUT2D eigenvalue weighted by molar-refractivity contribution is -0.143. The van der Waals surface area contributed by atoms with E-state index in [9.17, 15) is 14.4 Å². The second-order valence-corrected chi connectivity index (χ2v) is 5.51. The molecule has 5 nitrogen and oxygen atoms in total. The molecule has 0 bridgehead atoms. The van der Waals surface area contributed by atoms with Crippen LogP contribution in [0.15, 0.2) is 18.2 Å². The molecule has 5 heteroatoms. The van der Waals surface area contributed by atoms with Gasteiger partial charge in [-0.15, -0.1) is 0 Å². The van der Waals surface area contributed by atoms with E-state index in [-0.39, 0.29) is 36.5 Å². The number of ketones is 1. The molecule has 1 aliphatic rings. The van der Waals surface area contributed by atoms with E-state index in [4.69, 9.17) is 4.74 Å². The van der Waals surface area contributed by atoms with Crippen LogP contribution in [-0.2, 0) is 20.7 Å². The maximum atomic E-state index is 12.2. The summed E-state index contributed by atoms with van der Waals surface area (Å²) in [7, 11) is 0. The standard InChI is InChI=1S/C17H21NO4/c1-4-22-17(21)8-7-16(20)13-5-6-15-14(10-13)9-11(2)18(15)12(3)19/h5-6,10-11H,4,7-9H2,1-3H3. The number of Topliss-reactive ketones (excluding diaryl/α,β-unsaturated/α-hetero) is 1. The third-order valence-corrected chi connectivity index (χ3v) is 3.82. The van der Waals surface area contributed by atoms with Gasteiger partial charge < -0.3 is 9.64 Å². The van der Waals surface area contributed by atoms with E-state index < -0.39 is 0 Å². The van der Waals surface area contributed by atoms with Gasteiger partial charge in [0, 0.05) is 30.6 Å². The molecule has 0 aliphatic carbocycles. The summed E-state index contributed by atoms with van der Waals surface area (Å²) in [5.41, 5.74) is 2.47. The highest BCUT2D eigenvalue weighted by Crippen LogP contribution is 2.33. The summed E-state index contributed by atoms with van der Waals surface area (Å²) in [5.74, 6) is -0.425. The number of hydrogen-bond acceptors (Lipinski definition) is 4. The van der Waals surface area contributed by atoms with Gasteiger partial charge in [-0.1, -0.05) is 0 Å². The van der Waals surface area contributed by atoms with Crippen molar-refractivity contribution in [3.05, 3.63) is 29.3 Å². The second-order valence-electron chi connectivity index (χ2n) is 5.51. The highest BCUT2D eigenvalue weighted by atomic mass is 16.5. The Morgan fingerprint density at radius 3 is 2.64 bits per heavy atom. The zero-order chi connectivity index (χ0) is 16.3. The van der Waals surface area contributed by atoms with Crippen LogP contribution in [0, 0.1) is 0 Å². The van der Waals surface area contributed by atoms with Crippen molar-refractivity contribution < 1.29 is 19.1 Å². The summed E-state index contributed by atoms with van der Waals surface area (Å²) in [6, 6.07) is 5.48. The first-order chi connectivity index (χ1) is 10.4. The Balaban J connectivity index is 2.09. The summed E-state index contributed by atoms with van der Waals surface area (Å²) >= 11 is 0. The number of fused-ring (bicyclic) bond motifs is 1. The molecule has 0 radical (unpaired) electrons. The number of amides is 1. The zero-order valence-corrected chi connectivity index (χ0v) is 13.2.